The molecular formula is C19H19FN2O5S. The number of sulfonamides is 1. The Hall–Kier alpha value is -3.07. The van der Waals surface area contributed by atoms with Gasteiger partial charge in [-0.1, -0.05) is 0 Å². The Kier molecular flexibility index (Phi) is 5.28. The van der Waals surface area contributed by atoms with E-state index in [2.05, 4.69) is 9.71 Å². The maximum absolute atomic E-state index is 13.5. The van der Waals surface area contributed by atoms with Gasteiger partial charge >= 0.3 is 5.97 Å². The molecule has 0 bridgehead atoms. The van der Waals surface area contributed by atoms with Gasteiger partial charge in [0.05, 0.1) is 24.3 Å². The van der Waals surface area contributed by atoms with E-state index in [0.717, 1.165) is 12.1 Å². The normalized spacial score (nSPS) is 11.4. The van der Waals surface area contributed by atoms with E-state index in [4.69, 9.17) is 9.47 Å². The summed E-state index contributed by atoms with van der Waals surface area (Å²) in [6.45, 7) is 3.24. The number of carbonyl (C=O) groups is 1. The van der Waals surface area contributed by atoms with Crippen molar-refractivity contribution in [3.63, 3.8) is 0 Å². The van der Waals surface area contributed by atoms with E-state index in [0.29, 0.717) is 16.7 Å². The molecule has 0 aliphatic rings. The summed E-state index contributed by atoms with van der Waals surface area (Å²) in [5.41, 5.74) is 0.716. The van der Waals surface area contributed by atoms with E-state index in [1.165, 1.54) is 20.1 Å². The van der Waals surface area contributed by atoms with E-state index < -0.39 is 21.8 Å². The van der Waals surface area contributed by atoms with Crippen molar-refractivity contribution in [1.29, 1.82) is 0 Å². The van der Waals surface area contributed by atoms with Gasteiger partial charge in [-0.2, -0.15) is 0 Å². The van der Waals surface area contributed by atoms with Crippen molar-refractivity contribution >= 4 is 32.6 Å². The number of fused-ring (bicyclic) bond motifs is 1. The molecule has 0 atom stereocenters. The van der Waals surface area contributed by atoms with Crippen molar-refractivity contribution in [2.75, 3.05) is 18.4 Å². The number of anilines is 1. The third-order valence-corrected chi connectivity index (χ3v) is 5.51. The van der Waals surface area contributed by atoms with Crippen LogP contribution in [0.2, 0.25) is 0 Å². The van der Waals surface area contributed by atoms with E-state index in [1.54, 1.807) is 25.1 Å². The first-order valence-electron chi connectivity index (χ1n) is 8.42. The van der Waals surface area contributed by atoms with Crippen LogP contribution in [-0.4, -0.2) is 33.1 Å². The lowest BCUT2D eigenvalue weighted by atomic mass is 10.2. The Morgan fingerprint density at radius 2 is 1.96 bits per heavy atom. The fourth-order valence-corrected chi connectivity index (χ4v) is 3.92. The van der Waals surface area contributed by atoms with Crippen molar-refractivity contribution in [2.45, 2.75) is 18.7 Å². The van der Waals surface area contributed by atoms with Crippen LogP contribution in [0.5, 0.6) is 5.75 Å². The summed E-state index contributed by atoms with van der Waals surface area (Å²) in [6, 6.07) is 8.39. The smallest absolute Gasteiger partial charge is 0.356 e. The Morgan fingerprint density at radius 3 is 2.61 bits per heavy atom. The summed E-state index contributed by atoms with van der Waals surface area (Å²) >= 11 is 0. The largest absolute Gasteiger partial charge is 0.497 e. The van der Waals surface area contributed by atoms with E-state index in [1.807, 2.05) is 0 Å². The van der Waals surface area contributed by atoms with Crippen LogP contribution in [0.1, 0.15) is 23.0 Å². The molecule has 28 heavy (non-hydrogen) atoms. The van der Waals surface area contributed by atoms with Crippen LogP contribution >= 0.6 is 0 Å². The third-order valence-electron chi connectivity index (χ3n) is 4.16. The Balaban J connectivity index is 2.15. The summed E-state index contributed by atoms with van der Waals surface area (Å²) in [5, 5.41) is 0.435. The number of hydrogen-bond acceptors (Lipinski definition) is 5. The predicted octanol–water partition coefficient (Wildman–Crippen LogP) is 3.60. The van der Waals surface area contributed by atoms with E-state index in [-0.39, 0.29) is 28.4 Å². The van der Waals surface area contributed by atoms with Crippen LogP contribution in [0.3, 0.4) is 0 Å². The molecule has 0 aliphatic heterocycles. The maximum atomic E-state index is 13.5. The number of methoxy groups -OCH3 is 1. The molecule has 0 saturated carbocycles. The van der Waals surface area contributed by atoms with Gasteiger partial charge in [0.1, 0.15) is 11.6 Å². The monoisotopic (exact) mass is 406 g/mol. The summed E-state index contributed by atoms with van der Waals surface area (Å²) in [6.07, 6.45) is 0. The number of H-pyrrole nitrogens is 1. The first kappa shape index (κ1) is 19.7. The van der Waals surface area contributed by atoms with Crippen LogP contribution in [0, 0.1) is 12.7 Å². The average molecular weight is 406 g/mol. The molecule has 7 nitrogen and oxygen atoms in total. The van der Waals surface area contributed by atoms with Gasteiger partial charge in [-0.15, -0.1) is 0 Å². The molecule has 0 saturated heterocycles. The molecule has 1 heterocycles. The highest BCUT2D eigenvalue weighted by Gasteiger charge is 2.25. The highest BCUT2D eigenvalue weighted by molar-refractivity contribution is 7.92. The second-order valence-electron chi connectivity index (χ2n) is 6.02. The van der Waals surface area contributed by atoms with E-state index in [9.17, 15) is 17.6 Å². The zero-order valence-corrected chi connectivity index (χ0v) is 16.3. The third kappa shape index (κ3) is 3.65. The number of aromatic nitrogens is 1. The van der Waals surface area contributed by atoms with Crippen molar-refractivity contribution in [2.24, 2.45) is 0 Å². The van der Waals surface area contributed by atoms with Gasteiger partial charge in [-0.25, -0.2) is 17.6 Å². The number of nitrogens with one attached hydrogen (secondary N) is 2. The highest BCUT2D eigenvalue weighted by Crippen LogP contribution is 2.33. The minimum Gasteiger partial charge on any atom is -0.497 e. The fourth-order valence-electron chi connectivity index (χ4n) is 2.74. The molecule has 0 aliphatic carbocycles. The van der Waals surface area contributed by atoms with E-state index >= 15 is 0 Å². The second-order valence-corrected chi connectivity index (χ2v) is 7.71. The molecule has 0 spiro atoms. The summed E-state index contributed by atoms with van der Waals surface area (Å²) in [7, 11) is -2.61. The van der Waals surface area contributed by atoms with Crippen LogP contribution in [0.25, 0.3) is 10.9 Å². The zero-order chi connectivity index (χ0) is 20.5. The molecule has 9 heteroatoms. The number of ether oxygens (including phenoxy) is 2. The van der Waals surface area contributed by atoms with Gasteiger partial charge in [0, 0.05) is 10.9 Å². The molecule has 0 fully saturated rings. The molecule has 3 rings (SSSR count). The topological polar surface area (TPSA) is 97.5 Å². The minimum absolute atomic E-state index is 0.0347. The van der Waals surface area contributed by atoms with Crippen molar-refractivity contribution < 1.29 is 27.1 Å². The van der Waals surface area contributed by atoms with Crippen molar-refractivity contribution in [3.8, 4) is 5.75 Å². The number of benzene rings is 2. The van der Waals surface area contributed by atoms with Gasteiger partial charge < -0.3 is 14.5 Å². The summed E-state index contributed by atoms with van der Waals surface area (Å²) in [4.78, 5) is 15.1. The minimum atomic E-state index is -4.09. The molecule has 1 aromatic heterocycles. The number of carbonyl (C=O) groups excluding carboxylic acids is 1. The van der Waals surface area contributed by atoms with Crippen LogP contribution in [0.4, 0.5) is 10.1 Å². The Bertz CT molecular complexity index is 1150. The summed E-state index contributed by atoms with van der Waals surface area (Å²) in [5.74, 6) is -0.728. The fraction of sp³-hybridized carbons (Fsp3) is 0.211. The first-order valence-corrected chi connectivity index (χ1v) is 9.91. The maximum Gasteiger partial charge on any atom is 0.356 e. The van der Waals surface area contributed by atoms with Gasteiger partial charge in [-0.05, 0) is 55.8 Å². The number of aromatic amines is 1. The Morgan fingerprint density at radius 1 is 1.21 bits per heavy atom. The van der Waals surface area contributed by atoms with Gasteiger partial charge in [-0.3, -0.25) is 4.72 Å². The number of esters is 1. The number of aryl methyl sites for hydroxylation is 1. The zero-order valence-electron chi connectivity index (χ0n) is 15.5. The first-order chi connectivity index (χ1) is 13.3. The van der Waals surface area contributed by atoms with Crippen molar-refractivity contribution in [3.05, 3.63) is 53.5 Å². The van der Waals surface area contributed by atoms with Crippen LogP contribution in [-0.2, 0) is 14.8 Å². The molecule has 0 unspecified atom stereocenters. The number of rotatable bonds is 6. The molecule has 0 radical (unpaired) electrons. The standard InChI is InChI=1S/C19H19FN2O5S/c1-4-27-19(23)18-17(14-10-12(26-3)5-8-16(14)21-18)22-28(24,25)13-6-7-15(20)11(2)9-13/h5-10,21-22H,4H2,1-3H3. The lowest BCUT2D eigenvalue weighted by molar-refractivity contribution is 0.0522. The number of halogens is 1. The lowest BCUT2D eigenvalue weighted by Gasteiger charge is -2.10. The van der Waals surface area contributed by atoms with Crippen molar-refractivity contribution in [1.82, 2.24) is 4.98 Å². The van der Waals surface area contributed by atoms with Crippen LogP contribution in [0.15, 0.2) is 41.3 Å². The van der Waals surface area contributed by atoms with Gasteiger partial charge in [0.2, 0.25) is 0 Å². The lowest BCUT2D eigenvalue weighted by Crippen LogP contribution is -2.16. The molecule has 2 N–H and O–H groups in total. The molecule has 3 aromatic rings. The molecule has 2 aromatic carbocycles. The second kappa shape index (κ2) is 7.51. The molecular weight excluding hydrogens is 387 g/mol. The molecule has 148 valence electrons. The molecule has 0 amide bonds. The number of hydrogen-bond donors (Lipinski definition) is 2. The average Bonchev–Trinajstić information content (AvgIpc) is 3.01. The summed E-state index contributed by atoms with van der Waals surface area (Å²) < 4.78 is 51.9. The van der Waals surface area contributed by atoms with Gasteiger partial charge in [0.25, 0.3) is 10.0 Å². The SMILES string of the molecule is CCOC(=O)c1[nH]c2ccc(OC)cc2c1NS(=O)(=O)c1ccc(F)c(C)c1. The quantitative estimate of drug-likeness (QED) is 0.610. The highest BCUT2D eigenvalue weighted by atomic mass is 32.2. The predicted molar refractivity (Wildman–Crippen MR) is 103 cm³/mol. The van der Waals surface area contributed by atoms with Crippen LogP contribution < -0.4 is 9.46 Å². The van der Waals surface area contributed by atoms with Gasteiger partial charge in [0.15, 0.2) is 5.69 Å². The Labute approximate surface area is 161 Å².